The number of anilines is 1. The monoisotopic (exact) mass is 252 g/mol. The first-order valence-electron chi connectivity index (χ1n) is 6.27. The van der Waals surface area contributed by atoms with Crippen molar-refractivity contribution in [1.29, 1.82) is 0 Å². The summed E-state index contributed by atoms with van der Waals surface area (Å²) in [7, 11) is 0. The highest BCUT2D eigenvalue weighted by Gasteiger charge is 2.34. The first-order chi connectivity index (χ1) is 8.04. The summed E-state index contributed by atoms with van der Waals surface area (Å²) in [5.74, 6) is 0.642. The van der Waals surface area contributed by atoms with E-state index in [0.717, 1.165) is 36.6 Å². The van der Waals surface area contributed by atoms with Crippen LogP contribution in [0.5, 0.6) is 0 Å². The van der Waals surface area contributed by atoms with Crippen LogP contribution in [0.2, 0.25) is 5.02 Å². The smallest absolute Gasteiger partial charge is 0.0639 e. The van der Waals surface area contributed by atoms with Crippen molar-refractivity contribution in [3.05, 3.63) is 29.3 Å². The van der Waals surface area contributed by atoms with E-state index in [0.29, 0.717) is 5.92 Å². The van der Waals surface area contributed by atoms with E-state index in [-0.39, 0.29) is 5.54 Å². The van der Waals surface area contributed by atoms with E-state index in [4.69, 9.17) is 17.3 Å². The minimum absolute atomic E-state index is 0.132. The third-order valence-electron chi connectivity index (χ3n) is 3.76. The van der Waals surface area contributed by atoms with Crippen molar-refractivity contribution in [2.75, 3.05) is 18.0 Å². The van der Waals surface area contributed by atoms with Gasteiger partial charge >= 0.3 is 0 Å². The lowest BCUT2D eigenvalue weighted by atomic mass is 9.82. The number of hydrogen-bond donors (Lipinski definition) is 1. The molecular formula is C14H21ClN2. The van der Waals surface area contributed by atoms with E-state index >= 15 is 0 Å². The Morgan fingerprint density at radius 2 is 2.12 bits per heavy atom. The van der Waals surface area contributed by atoms with Crippen LogP contribution < -0.4 is 10.6 Å². The van der Waals surface area contributed by atoms with Gasteiger partial charge in [-0.15, -0.1) is 0 Å². The fourth-order valence-corrected chi connectivity index (χ4v) is 3.09. The summed E-state index contributed by atoms with van der Waals surface area (Å²) in [5.41, 5.74) is 7.07. The Balaban J connectivity index is 2.25. The maximum absolute atomic E-state index is 6.29. The number of para-hydroxylation sites is 1. The molecule has 1 heterocycles. The van der Waals surface area contributed by atoms with Gasteiger partial charge in [0.2, 0.25) is 0 Å². The van der Waals surface area contributed by atoms with E-state index in [2.05, 4.69) is 24.8 Å². The number of nitrogens with zero attached hydrogens (tertiary/aromatic N) is 1. The molecule has 0 radical (unpaired) electrons. The molecule has 2 rings (SSSR count). The van der Waals surface area contributed by atoms with Crippen molar-refractivity contribution >= 4 is 17.3 Å². The molecule has 1 fully saturated rings. The maximum atomic E-state index is 6.29. The first-order valence-corrected chi connectivity index (χ1v) is 6.64. The molecule has 1 aliphatic heterocycles. The van der Waals surface area contributed by atoms with Gasteiger partial charge in [0, 0.05) is 12.1 Å². The van der Waals surface area contributed by atoms with Crippen LogP contribution in [0, 0.1) is 5.92 Å². The van der Waals surface area contributed by atoms with Gasteiger partial charge in [0.05, 0.1) is 10.7 Å². The van der Waals surface area contributed by atoms with Crippen molar-refractivity contribution < 1.29 is 0 Å². The third-order valence-corrected chi connectivity index (χ3v) is 4.08. The largest absolute Gasteiger partial charge is 0.365 e. The summed E-state index contributed by atoms with van der Waals surface area (Å²) in [4.78, 5) is 2.42. The number of hydrogen-bond acceptors (Lipinski definition) is 2. The lowest BCUT2D eigenvalue weighted by Crippen LogP contribution is -2.51. The van der Waals surface area contributed by atoms with Crippen LogP contribution in [-0.4, -0.2) is 18.6 Å². The van der Waals surface area contributed by atoms with Gasteiger partial charge in [0.25, 0.3) is 0 Å². The number of nitrogens with two attached hydrogens (primary N) is 1. The summed E-state index contributed by atoms with van der Waals surface area (Å²) in [5, 5.41) is 0.840. The highest BCUT2D eigenvalue weighted by atomic mass is 35.5. The van der Waals surface area contributed by atoms with Gasteiger partial charge < -0.3 is 10.6 Å². The molecule has 1 aliphatic rings. The average Bonchev–Trinajstić information content (AvgIpc) is 2.29. The van der Waals surface area contributed by atoms with Gasteiger partial charge in [-0.3, -0.25) is 0 Å². The molecule has 1 saturated heterocycles. The minimum Gasteiger partial charge on any atom is -0.365 e. The molecule has 1 aromatic carbocycles. The average molecular weight is 253 g/mol. The van der Waals surface area contributed by atoms with Crippen LogP contribution in [0.4, 0.5) is 5.69 Å². The predicted molar refractivity (Wildman–Crippen MR) is 74.7 cm³/mol. The van der Waals surface area contributed by atoms with E-state index in [9.17, 15) is 0 Å². The van der Waals surface area contributed by atoms with E-state index < -0.39 is 0 Å². The molecule has 1 aromatic rings. The summed E-state index contributed by atoms with van der Waals surface area (Å²) < 4.78 is 0. The minimum atomic E-state index is 0.132. The quantitative estimate of drug-likeness (QED) is 0.875. The summed E-state index contributed by atoms with van der Waals surface area (Å²) in [6, 6.07) is 8.09. The van der Waals surface area contributed by atoms with Gasteiger partial charge in [0.15, 0.2) is 0 Å². The summed E-state index contributed by atoms with van der Waals surface area (Å²) in [6.07, 6.45) is 2.29. The molecule has 0 spiro atoms. The second-order valence-corrected chi connectivity index (χ2v) is 5.92. The molecule has 0 aliphatic carbocycles. The zero-order valence-corrected chi connectivity index (χ0v) is 11.4. The maximum Gasteiger partial charge on any atom is 0.0639 e. The molecule has 2 N–H and O–H groups in total. The predicted octanol–water partition coefficient (Wildman–Crippen LogP) is 3.29. The highest BCUT2D eigenvalue weighted by molar-refractivity contribution is 6.33. The Bertz CT molecular complexity index is 390. The zero-order valence-electron chi connectivity index (χ0n) is 10.6. The fourth-order valence-electron chi connectivity index (χ4n) is 2.85. The molecule has 3 heteroatoms. The lowest BCUT2D eigenvalue weighted by molar-refractivity contribution is 0.279. The number of halogens is 1. The fraction of sp³-hybridized carbons (Fsp3) is 0.571. The topological polar surface area (TPSA) is 29.3 Å². The Morgan fingerprint density at radius 3 is 2.71 bits per heavy atom. The molecule has 0 aromatic heterocycles. The third kappa shape index (κ3) is 2.58. The number of benzene rings is 1. The number of piperidine rings is 1. The second kappa shape index (κ2) is 4.87. The van der Waals surface area contributed by atoms with Crippen molar-refractivity contribution in [3.8, 4) is 0 Å². The van der Waals surface area contributed by atoms with E-state index in [1.807, 2.05) is 18.2 Å². The van der Waals surface area contributed by atoms with Gasteiger partial charge in [-0.1, -0.05) is 23.7 Å². The Hall–Kier alpha value is -0.730. The summed E-state index contributed by atoms with van der Waals surface area (Å²) in [6.45, 7) is 6.38. The van der Waals surface area contributed by atoms with Gasteiger partial charge in [-0.05, 0) is 51.3 Å². The zero-order chi connectivity index (χ0) is 12.5. The van der Waals surface area contributed by atoms with Crippen molar-refractivity contribution in [1.82, 2.24) is 0 Å². The normalized spacial score (nSPS) is 23.8. The molecule has 0 bridgehead atoms. The molecule has 94 valence electrons. The standard InChI is InChI=1S/C14H21ClN2/c1-14(2)9-11(10-16)7-8-17(14)13-6-4-3-5-12(13)15/h3-6,11H,7-10,16H2,1-2H3. The van der Waals surface area contributed by atoms with Crippen LogP contribution in [0.1, 0.15) is 26.7 Å². The van der Waals surface area contributed by atoms with Crippen LogP contribution in [0.25, 0.3) is 0 Å². The molecule has 0 saturated carbocycles. The summed E-state index contributed by atoms with van der Waals surface area (Å²) >= 11 is 6.29. The van der Waals surface area contributed by atoms with Crippen molar-refractivity contribution in [2.45, 2.75) is 32.2 Å². The molecule has 1 atom stereocenters. The Labute approximate surface area is 109 Å². The SMILES string of the molecule is CC1(C)CC(CN)CCN1c1ccccc1Cl. The van der Waals surface area contributed by atoms with Crippen molar-refractivity contribution in [2.24, 2.45) is 11.7 Å². The van der Waals surface area contributed by atoms with Crippen LogP contribution in [0.3, 0.4) is 0 Å². The van der Waals surface area contributed by atoms with E-state index in [1.165, 1.54) is 0 Å². The Morgan fingerprint density at radius 1 is 1.41 bits per heavy atom. The molecule has 2 nitrogen and oxygen atoms in total. The van der Waals surface area contributed by atoms with Gasteiger partial charge in [-0.25, -0.2) is 0 Å². The highest BCUT2D eigenvalue weighted by Crippen LogP contribution is 2.38. The van der Waals surface area contributed by atoms with Crippen LogP contribution in [0.15, 0.2) is 24.3 Å². The molecular weight excluding hydrogens is 232 g/mol. The Kier molecular flexibility index (Phi) is 3.64. The van der Waals surface area contributed by atoms with Crippen LogP contribution in [-0.2, 0) is 0 Å². The van der Waals surface area contributed by atoms with Gasteiger partial charge in [0.1, 0.15) is 0 Å². The van der Waals surface area contributed by atoms with Gasteiger partial charge in [-0.2, -0.15) is 0 Å². The lowest BCUT2D eigenvalue weighted by Gasteiger charge is -2.47. The molecule has 0 amide bonds. The molecule has 17 heavy (non-hydrogen) atoms. The molecule has 1 unspecified atom stereocenters. The van der Waals surface area contributed by atoms with Crippen molar-refractivity contribution in [3.63, 3.8) is 0 Å². The second-order valence-electron chi connectivity index (χ2n) is 5.51. The number of rotatable bonds is 2. The first kappa shape index (κ1) is 12.7. The van der Waals surface area contributed by atoms with Crippen LogP contribution >= 0.6 is 11.6 Å². The van der Waals surface area contributed by atoms with E-state index in [1.54, 1.807) is 0 Å².